The quantitative estimate of drug-likeness (QED) is 0.0386. The van der Waals surface area contributed by atoms with Gasteiger partial charge in [-0.3, -0.25) is 33.3 Å². The minimum Gasteiger partial charge on any atom is -0.508 e. The first-order chi connectivity index (χ1) is 59.6. The van der Waals surface area contributed by atoms with Crippen molar-refractivity contribution in [1.29, 1.82) is 0 Å². The van der Waals surface area contributed by atoms with Gasteiger partial charge in [0, 0.05) is 186 Å². The molecule has 10 aromatic heterocycles. The van der Waals surface area contributed by atoms with Gasteiger partial charge in [0.2, 0.25) is 0 Å². The highest BCUT2D eigenvalue weighted by Crippen LogP contribution is 2.34. The maximum Gasteiger partial charge on any atom is 0.254 e. The Morgan fingerprint density at radius 3 is 1.23 bits per heavy atom. The summed E-state index contributed by atoms with van der Waals surface area (Å²) in [6.45, 7) is 39.7. The second-order valence-corrected chi connectivity index (χ2v) is 33.8. The Hall–Kier alpha value is -12.5. The standard InChI is InChI=1S/C33H40N8O3.2C31H39N7O2/c1-7-9-28-26(29(42)16-22(5)40(28)31(43)8-2)19-35-33(44)24-17-27(37-32-25(24)20-36-41(32)21(3)4)23-10-11-30(34-18-23)39-14-12-38(6)13-15-39;2*1-6-7-22-14-21(4)15-28(39)25(22)18-33-31(40)24-16-27(35-30-26(24)19-34-38(30)20(2)3)23-8-9-29(32-17-23)37-12-10-36(5)11-13-37/h8,10-11,16-18,20-21H,2,7,9,12-15,19H2,1,3-6H3,(H,35,44);8-9,15-17,19-20H,6-7,10-14,18H2,1-5H3,(H,33,40);8-9,14-17,19-20,39H,6-7,10-13,18H2,1-5H3,(H,33,40). The van der Waals surface area contributed by atoms with Crippen molar-refractivity contribution in [3.63, 3.8) is 0 Å². The van der Waals surface area contributed by atoms with Gasteiger partial charge in [0.1, 0.15) is 23.2 Å². The summed E-state index contributed by atoms with van der Waals surface area (Å²) in [5, 5.41) is 35.3. The maximum absolute atomic E-state index is 13.8. The zero-order valence-electron chi connectivity index (χ0n) is 74.4. The number of amides is 3. The van der Waals surface area contributed by atoms with E-state index in [4.69, 9.17) is 29.9 Å². The van der Waals surface area contributed by atoms with Gasteiger partial charge in [-0.1, -0.05) is 63.8 Å². The normalized spacial score (nSPS) is 14.9. The lowest BCUT2D eigenvalue weighted by Gasteiger charge is -2.33. The van der Waals surface area contributed by atoms with E-state index < -0.39 is 0 Å². The molecule has 3 amide bonds. The molecule has 0 radical (unpaired) electrons. The number of aryl methyl sites for hydroxylation is 3. The number of phenols is 1. The second-order valence-electron chi connectivity index (χ2n) is 33.8. The molecule has 3 aliphatic heterocycles. The fourth-order valence-corrected chi connectivity index (χ4v) is 16.5. The van der Waals surface area contributed by atoms with Gasteiger partial charge in [0.25, 0.3) is 23.6 Å². The van der Waals surface area contributed by atoms with Gasteiger partial charge in [-0.2, -0.15) is 15.3 Å². The van der Waals surface area contributed by atoms with E-state index in [0.29, 0.717) is 95.8 Å². The number of carbonyl (C=O) groups excluding carboxylic acids is 5. The number of hydrogen-bond donors (Lipinski definition) is 4. The van der Waals surface area contributed by atoms with Crippen molar-refractivity contribution >= 4 is 80.0 Å². The van der Waals surface area contributed by atoms with Crippen LogP contribution in [0, 0.1) is 13.8 Å². The molecule has 15 rings (SSSR count). The SMILES string of the molecule is C=CC(=O)n1c(C)cc(=O)c(CNC(=O)c2cc(-c3ccc(N4CCN(C)CC4)nc3)nc3c2cnn3C(C)C)c1CCC.CCCC1=C(CNC(=O)c2cc(-c3ccc(N4CCN(C)CC4)nc3)nc3c2cnn3C(C)C)C(=O)C=C(C)C1.CCCc1cc(C)cc(O)c1CNC(=O)c1cc(-c2ccc(N3CCN(C)CC3)nc2)nc2c1cnn2C(C)C. The number of nitrogens with zero attached hydrogens (tertiary/aromatic N) is 19. The van der Waals surface area contributed by atoms with Crippen molar-refractivity contribution in [2.75, 3.05) is 121 Å². The molecule has 3 fully saturated rings. The van der Waals surface area contributed by atoms with Crippen LogP contribution in [0.15, 0.2) is 150 Å². The molecule has 13 heterocycles. The first-order valence-electron chi connectivity index (χ1n) is 43.5. The molecule has 0 unspecified atom stereocenters. The molecule has 11 aromatic rings. The van der Waals surface area contributed by atoms with Crippen LogP contribution in [-0.2, 0) is 30.7 Å². The number of piperazine rings is 3. The van der Waals surface area contributed by atoms with Crippen LogP contribution in [0.5, 0.6) is 5.75 Å². The molecule has 0 atom stereocenters. The number of carbonyl (C=O) groups is 5. The summed E-state index contributed by atoms with van der Waals surface area (Å²) in [7, 11) is 6.39. The van der Waals surface area contributed by atoms with E-state index in [0.717, 1.165) is 179 Å². The van der Waals surface area contributed by atoms with Gasteiger partial charge in [-0.15, -0.1) is 0 Å². The van der Waals surface area contributed by atoms with Gasteiger partial charge in [0.05, 0.1) is 68.5 Å². The lowest BCUT2D eigenvalue weighted by Crippen LogP contribution is -2.44. The number of benzene rings is 1. The molecular weight excluding hydrogens is 1560 g/mol. The molecule has 650 valence electrons. The lowest BCUT2D eigenvalue weighted by atomic mass is 9.88. The zero-order chi connectivity index (χ0) is 88.3. The number of fused-ring (bicyclic) bond motifs is 3. The van der Waals surface area contributed by atoms with Gasteiger partial charge < -0.3 is 50.5 Å². The number of nitrogens with one attached hydrogen (secondary N) is 3. The van der Waals surface area contributed by atoms with Crippen LogP contribution >= 0.6 is 0 Å². The second kappa shape index (κ2) is 39.8. The van der Waals surface area contributed by atoms with Crippen molar-refractivity contribution in [1.82, 2.24) is 94.5 Å². The molecule has 29 heteroatoms. The fraction of sp³-hybridized carbons (Fsp3) is 0.421. The topological polar surface area (TPSA) is 314 Å². The number of hydrogen-bond acceptors (Lipinski definition) is 22. The third kappa shape index (κ3) is 20.2. The fourth-order valence-electron chi connectivity index (χ4n) is 16.5. The number of pyridine rings is 7. The molecule has 124 heavy (non-hydrogen) atoms. The number of phenolic OH excluding ortho intramolecular Hbond substituents is 1. The highest BCUT2D eigenvalue weighted by atomic mass is 16.3. The summed E-state index contributed by atoms with van der Waals surface area (Å²) in [4.78, 5) is 122. The number of rotatable bonds is 25. The van der Waals surface area contributed by atoms with Crippen LogP contribution < -0.4 is 36.1 Å². The zero-order valence-corrected chi connectivity index (χ0v) is 74.4. The first kappa shape index (κ1) is 89.3. The summed E-state index contributed by atoms with van der Waals surface area (Å²) in [5.74, 6) is 1.85. The average Bonchev–Trinajstić information content (AvgIpc) is 1.58. The minimum atomic E-state index is -0.368. The summed E-state index contributed by atoms with van der Waals surface area (Å²) in [6.07, 6.45) is 19.0. The van der Waals surface area contributed by atoms with E-state index >= 15 is 0 Å². The number of allylic oxidation sites excluding steroid dienone is 4. The van der Waals surface area contributed by atoms with Gasteiger partial charge in [-0.05, 0) is 193 Å². The van der Waals surface area contributed by atoms with E-state index in [1.165, 1.54) is 16.7 Å². The Morgan fingerprint density at radius 1 is 0.484 bits per heavy atom. The predicted molar refractivity (Wildman–Crippen MR) is 490 cm³/mol. The number of ketones is 1. The van der Waals surface area contributed by atoms with Crippen LogP contribution in [0.3, 0.4) is 0 Å². The third-order valence-corrected chi connectivity index (χ3v) is 23.4. The predicted octanol–water partition coefficient (Wildman–Crippen LogP) is 13.3. The molecule has 0 bridgehead atoms. The minimum absolute atomic E-state index is 0.00722. The van der Waals surface area contributed by atoms with E-state index in [1.807, 2.05) is 133 Å². The van der Waals surface area contributed by atoms with E-state index in [-0.39, 0.29) is 78.4 Å². The number of anilines is 3. The molecule has 0 spiro atoms. The summed E-state index contributed by atoms with van der Waals surface area (Å²) >= 11 is 0. The first-order valence-corrected chi connectivity index (χ1v) is 43.5. The van der Waals surface area contributed by atoms with Crippen LogP contribution in [0.2, 0.25) is 0 Å². The number of aromatic nitrogens is 13. The molecular formula is C95H118N22O7. The summed E-state index contributed by atoms with van der Waals surface area (Å²) < 4.78 is 6.97. The monoisotopic (exact) mass is 1680 g/mol. The van der Waals surface area contributed by atoms with Crippen molar-refractivity contribution in [2.45, 2.75) is 159 Å². The van der Waals surface area contributed by atoms with Crippen molar-refractivity contribution in [2.24, 2.45) is 0 Å². The molecule has 1 aromatic carbocycles. The molecule has 4 aliphatic rings. The highest BCUT2D eigenvalue weighted by Gasteiger charge is 2.29. The lowest BCUT2D eigenvalue weighted by molar-refractivity contribution is -0.111. The molecule has 29 nitrogen and oxygen atoms in total. The number of likely N-dealkylation sites (N-methyl/N-ethyl adjacent to an activating group) is 3. The summed E-state index contributed by atoms with van der Waals surface area (Å²) in [6, 6.07) is 22.9. The third-order valence-electron chi connectivity index (χ3n) is 23.4. The van der Waals surface area contributed by atoms with Crippen LogP contribution in [0.25, 0.3) is 66.9 Å². The van der Waals surface area contributed by atoms with E-state index in [1.54, 1.807) is 54.6 Å². The number of aromatic hydroxyl groups is 1. The van der Waals surface area contributed by atoms with E-state index in [2.05, 4.69) is 108 Å². The van der Waals surface area contributed by atoms with Crippen molar-refractivity contribution in [3.05, 3.63) is 206 Å². The Bertz CT molecular complexity index is 5870. The Morgan fingerprint density at radius 2 is 0.871 bits per heavy atom. The molecule has 4 N–H and O–H groups in total. The average molecular weight is 1680 g/mol. The maximum atomic E-state index is 13.8. The largest absolute Gasteiger partial charge is 0.508 e. The van der Waals surface area contributed by atoms with Crippen molar-refractivity contribution in [3.8, 4) is 39.5 Å². The Kier molecular flexibility index (Phi) is 28.7. The van der Waals surface area contributed by atoms with Gasteiger partial charge in [-0.25, -0.2) is 43.9 Å². The van der Waals surface area contributed by atoms with Gasteiger partial charge in [0.15, 0.2) is 28.2 Å². The van der Waals surface area contributed by atoms with Gasteiger partial charge >= 0.3 is 0 Å². The molecule has 0 saturated carbocycles. The van der Waals surface area contributed by atoms with Crippen LogP contribution in [0.1, 0.15) is 189 Å². The van der Waals surface area contributed by atoms with Crippen LogP contribution in [-0.4, -0.2) is 219 Å². The van der Waals surface area contributed by atoms with Crippen molar-refractivity contribution < 1.29 is 29.1 Å². The highest BCUT2D eigenvalue weighted by molar-refractivity contribution is 6.10. The molecule has 1 aliphatic carbocycles. The van der Waals surface area contributed by atoms with E-state index in [9.17, 15) is 33.9 Å². The smallest absolute Gasteiger partial charge is 0.254 e. The van der Waals surface area contributed by atoms with Crippen LogP contribution in [0.4, 0.5) is 17.5 Å². The Balaban J connectivity index is 0.000000160. The Labute approximate surface area is 725 Å². The summed E-state index contributed by atoms with van der Waals surface area (Å²) in [5.41, 5.74) is 14.7. The molecule has 3 saturated heterocycles.